The van der Waals surface area contributed by atoms with Crippen LogP contribution in [0.1, 0.15) is 52.7 Å². The number of aromatic nitrogens is 2. The van der Waals surface area contributed by atoms with Crippen LogP contribution in [0.5, 0.6) is 17.2 Å². The maximum Gasteiger partial charge on any atom is 0.522 e. The average Bonchev–Trinajstić information content (AvgIpc) is 3.73. The van der Waals surface area contributed by atoms with Gasteiger partial charge in [-0.2, -0.15) is 0 Å². The largest absolute Gasteiger partial charge is 0.522 e. The Morgan fingerprint density at radius 2 is 1.71 bits per heavy atom. The average molecular weight is 724 g/mol. The van der Waals surface area contributed by atoms with Crippen LogP contribution in [0.2, 0.25) is 0 Å². The zero-order valence-corrected chi connectivity index (χ0v) is 30.4. The van der Waals surface area contributed by atoms with Crippen molar-refractivity contribution in [2.45, 2.75) is 69.9 Å². The van der Waals surface area contributed by atoms with Gasteiger partial charge in [0.2, 0.25) is 11.7 Å². The number of aryl methyl sites for hydroxylation is 2. The monoisotopic (exact) mass is 723 g/mol. The highest BCUT2D eigenvalue weighted by Gasteiger charge is 2.44. The van der Waals surface area contributed by atoms with Crippen LogP contribution in [-0.4, -0.2) is 92.8 Å². The molecule has 2 aliphatic rings. The van der Waals surface area contributed by atoms with Crippen LogP contribution in [-0.2, 0) is 16.7 Å². The SMILES string of the molecule is COc1ccc(C(=O)C2CC(CCN3CCC(Nc4nc5ccccc5n4CCOC(F)(F)F)CC3)(c3ccc(C)c(C)c3)CN2)c(OC)c1OC. The molecule has 3 heterocycles. The fourth-order valence-electron chi connectivity index (χ4n) is 7.67. The third-order valence-electron chi connectivity index (χ3n) is 10.7. The molecule has 0 saturated carbocycles. The van der Waals surface area contributed by atoms with E-state index in [4.69, 9.17) is 19.2 Å². The molecule has 2 unspecified atom stereocenters. The molecule has 0 amide bonds. The molecule has 6 rings (SSSR count). The van der Waals surface area contributed by atoms with Crippen LogP contribution in [0.25, 0.3) is 11.0 Å². The zero-order chi connectivity index (χ0) is 37.0. The van der Waals surface area contributed by atoms with Gasteiger partial charge in [0.15, 0.2) is 17.3 Å². The van der Waals surface area contributed by atoms with Crippen molar-refractivity contribution >= 4 is 22.8 Å². The number of hydrogen-bond acceptors (Lipinski definition) is 9. The molecule has 2 N–H and O–H groups in total. The number of nitrogens with zero attached hydrogens (tertiary/aromatic N) is 3. The number of nitrogens with one attached hydrogen (secondary N) is 2. The van der Waals surface area contributed by atoms with Gasteiger partial charge < -0.3 is 34.3 Å². The number of carbonyl (C=O) groups excluding carboxylic acids is 1. The Kier molecular flexibility index (Phi) is 11.3. The van der Waals surface area contributed by atoms with E-state index >= 15 is 0 Å². The third kappa shape index (κ3) is 8.01. The lowest BCUT2D eigenvalue weighted by atomic mass is 9.74. The molecule has 0 bridgehead atoms. The van der Waals surface area contributed by atoms with E-state index in [1.54, 1.807) is 23.8 Å². The van der Waals surface area contributed by atoms with E-state index in [1.165, 1.54) is 30.9 Å². The van der Waals surface area contributed by atoms with Crippen molar-refractivity contribution in [1.82, 2.24) is 19.8 Å². The van der Waals surface area contributed by atoms with Gasteiger partial charge in [0.05, 0.1) is 50.6 Å². The summed E-state index contributed by atoms with van der Waals surface area (Å²) in [6, 6.07) is 17.2. The van der Waals surface area contributed by atoms with E-state index in [9.17, 15) is 18.0 Å². The van der Waals surface area contributed by atoms with Crippen molar-refractivity contribution in [1.29, 1.82) is 0 Å². The first-order valence-electron chi connectivity index (χ1n) is 17.7. The van der Waals surface area contributed by atoms with E-state index < -0.39 is 19.0 Å². The van der Waals surface area contributed by atoms with Crippen molar-refractivity contribution in [3.05, 3.63) is 76.9 Å². The quantitative estimate of drug-likeness (QED) is 0.138. The summed E-state index contributed by atoms with van der Waals surface area (Å²) >= 11 is 0. The second-order valence-corrected chi connectivity index (χ2v) is 13.8. The zero-order valence-electron chi connectivity index (χ0n) is 30.4. The number of alkyl halides is 3. The van der Waals surface area contributed by atoms with Crippen LogP contribution in [0.4, 0.5) is 19.1 Å². The summed E-state index contributed by atoms with van der Waals surface area (Å²) in [5.74, 6) is 1.75. The fourth-order valence-corrected chi connectivity index (χ4v) is 7.67. The number of methoxy groups -OCH3 is 3. The van der Waals surface area contributed by atoms with Crippen LogP contribution in [0, 0.1) is 13.8 Å². The molecule has 0 spiro atoms. The second-order valence-electron chi connectivity index (χ2n) is 13.8. The van der Waals surface area contributed by atoms with Gasteiger partial charge in [0.1, 0.15) is 0 Å². The first-order chi connectivity index (χ1) is 24.9. The van der Waals surface area contributed by atoms with Gasteiger partial charge >= 0.3 is 6.36 Å². The maximum atomic E-state index is 14.1. The lowest BCUT2D eigenvalue weighted by molar-refractivity contribution is -0.325. The summed E-state index contributed by atoms with van der Waals surface area (Å²) in [5, 5.41) is 7.09. The Labute approximate surface area is 302 Å². The molecule has 2 atom stereocenters. The van der Waals surface area contributed by atoms with Crippen molar-refractivity contribution in [2.24, 2.45) is 0 Å². The lowest BCUT2D eigenvalue weighted by Crippen LogP contribution is -2.42. The molecule has 10 nitrogen and oxygen atoms in total. The number of para-hydroxylation sites is 2. The van der Waals surface area contributed by atoms with E-state index in [2.05, 4.69) is 52.3 Å². The number of ketones is 1. The van der Waals surface area contributed by atoms with Crippen molar-refractivity contribution in [3.8, 4) is 17.2 Å². The Morgan fingerprint density at radius 1 is 0.962 bits per heavy atom. The Hall–Kier alpha value is -4.33. The van der Waals surface area contributed by atoms with Gasteiger partial charge in [-0.15, -0.1) is 13.2 Å². The highest BCUT2D eigenvalue weighted by atomic mass is 19.4. The van der Waals surface area contributed by atoms with Crippen molar-refractivity contribution < 1.29 is 36.9 Å². The maximum absolute atomic E-state index is 14.1. The number of fused-ring (bicyclic) bond motifs is 1. The second kappa shape index (κ2) is 15.7. The van der Waals surface area contributed by atoms with E-state index in [0.29, 0.717) is 41.7 Å². The van der Waals surface area contributed by atoms with Gasteiger partial charge in [-0.3, -0.25) is 9.53 Å². The van der Waals surface area contributed by atoms with Crippen LogP contribution < -0.4 is 24.8 Å². The topological polar surface area (TPSA) is 99.1 Å². The minimum atomic E-state index is -4.68. The third-order valence-corrected chi connectivity index (χ3v) is 10.7. The fraction of sp³-hybridized carbons (Fsp3) is 0.487. The Morgan fingerprint density at radius 3 is 2.40 bits per heavy atom. The van der Waals surface area contributed by atoms with E-state index in [-0.39, 0.29) is 23.8 Å². The molecular formula is C39H48F3N5O5. The van der Waals surface area contributed by atoms with Crippen molar-refractivity contribution in [3.63, 3.8) is 0 Å². The molecule has 52 heavy (non-hydrogen) atoms. The number of piperidine rings is 1. The first-order valence-corrected chi connectivity index (χ1v) is 17.7. The molecule has 1 aromatic heterocycles. The van der Waals surface area contributed by atoms with Gasteiger partial charge in [-0.25, -0.2) is 4.98 Å². The highest BCUT2D eigenvalue weighted by molar-refractivity contribution is 6.03. The minimum absolute atomic E-state index is 0.0259. The van der Waals surface area contributed by atoms with E-state index in [0.717, 1.165) is 49.9 Å². The van der Waals surface area contributed by atoms with Crippen LogP contribution in [0.3, 0.4) is 0 Å². The number of benzene rings is 3. The predicted octanol–water partition coefficient (Wildman–Crippen LogP) is 6.66. The summed E-state index contributed by atoms with van der Waals surface area (Å²) < 4.78 is 60.7. The summed E-state index contributed by atoms with van der Waals surface area (Å²) in [6.45, 7) is 7.00. The summed E-state index contributed by atoms with van der Waals surface area (Å²) in [6.07, 6.45) is -1.47. The smallest absolute Gasteiger partial charge is 0.493 e. The van der Waals surface area contributed by atoms with Gasteiger partial charge in [0.25, 0.3) is 0 Å². The summed E-state index contributed by atoms with van der Waals surface area (Å²) in [5.41, 5.74) is 5.34. The number of rotatable bonds is 14. The number of likely N-dealkylation sites (tertiary alicyclic amines) is 1. The van der Waals surface area contributed by atoms with Gasteiger partial charge in [-0.05, 0) is 87.0 Å². The number of halogens is 3. The van der Waals surface area contributed by atoms with Crippen LogP contribution >= 0.6 is 0 Å². The molecule has 2 fully saturated rings. The highest BCUT2D eigenvalue weighted by Crippen LogP contribution is 2.43. The molecule has 280 valence electrons. The van der Waals surface area contributed by atoms with Gasteiger partial charge in [0, 0.05) is 37.6 Å². The number of ether oxygens (including phenoxy) is 4. The number of hydrogen-bond donors (Lipinski definition) is 2. The summed E-state index contributed by atoms with van der Waals surface area (Å²) in [7, 11) is 4.60. The molecule has 2 saturated heterocycles. The number of Topliss-reactive ketones (excluding diaryl/α,β-unsaturated/α-hetero) is 1. The van der Waals surface area contributed by atoms with Crippen molar-refractivity contribution in [2.75, 3.05) is 59.4 Å². The van der Waals surface area contributed by atoms with E-state index in [1.807, 2.05) is 24.3 Å². The van der Waals surface area contributed by atoms with Gasteiger partial charge in [-0.1, -0.05) is 30.3 Å². The number of carbonyl (C=O) groups is 1. The Balaban J connectivity index is 1.14. The lowest BCUT2D eigenvalue weighted by Gasteiger charge is -2.36. The standard InChI is InChI=1S/C39H48F3N5O5/c1-25-10-11-27(22-26(25)2)38(23-31(43-24-38)34(48)29-12-13-33(49-3)36(51-5)35(29)50-4)16-19-46-17-14-28(15-18-46)44-37-45-30-8-6-7-9-32(30)47(37)20-21-52-39(40,41)42/h6-13,22,28,31,43H,14-21,23-24H2,1-5H3,(H,44,45). The summed E-state index contributed by atoms with van der Waals surface area (Å²) in [4.78, 5) is 21.3. The molecule has 4 aromatic rings. The molecule has 0 aliphatic carbocycles. The number of imidazole rings is 1. The minimum Gasteiger partial charge on any atom is -0.493 e. The molecule has 0 radical (unpaired) electrons. The van der Waals surface area contributed by atoms with Crippen LogP contribution in [0.15, 0.2) is 54.6 Å². The molecular weight excluding hydrogens is 675 g/mol. The number of anilines is 1. The predicted molar refractivity (Wildman–Crippen MR) is 194 cm³/mol. The first kappa shape index (κ1) is 37.4. The normalized spacial score (nSPS) is 20.0. The molecule has 2 aliphatic heterocycles. The molecule has 3 aromatic carbocycles. The Bertz CT molecular complexity index is 1870. The molecule has 13 heteroatoms.